The highest BCUT2D eigenvalue weighted by atomic mass is 35.5. The second-order valence-electron chi connectivity index (χ2n) is 9.34. The Balaban J connectivity index is 1.49. The molecule has 0 aliphatic carbocycles. The number of likely N-dealkylation sites (tertiary alicyclic amines) is 1. The normalized spacial score (nSPS) is 17.2. The van der Waals surface area contributed by atoms with Crippen LogP contribution in [-0.4, -0.2) is 35.5 Å². The predicted molar refractivity (Wildman–Crippen MR) is 125 cm³/mol. The Bertz CT molecular complexity index is 1110. The first-order valence-corrected chi connectivity index (χ1v) is 11.2. The fourth-order valence-corrected chi connectivity index (χ4v) is 4.56. The van der Waals surface area contributed by atoms with E-state index >= 15 is 0 Å². The maximum absolute atomic E-state index is 12.9. The first-order chi connectivity index (χ1) is 15.0. The number of ether oxygens (including phenoxy) is 2. The highest BCUT2D eigenvalue weighted by molar-refractivity contribution is 6.34. The molecule has 32 heavy (non-hydrogen) atoms. The van der Waals surface area contributed by atoms with E-state index in [1.165, 1.54) is 0 Å². The molecule has 0 saturated carbocycles. The highest BCUT2D eigenvalue weighted by Crippen LogP contribution is 2.44. The van der Waals surface area contributed by atoms with Gasteiger partial charge < -0.3 is 14.4 Å². The molecule has 1 saturated heterocycles. The van der Waals surface area contributed by atoms with Gasteiger partial charge in [-0.15, -0.1) is 0 Å². The zero-order chi connectivity index (χ0) is 23.3. The van der Waals surface area contributed by atoms with Crippen LogP contribution in [0.5, 0.6) is 0 Å². The molecule has 0 atom stereocenters. The summed E-state index contributed by atoms with van der Waals surface area (Å²) in [7, 11) is 0. The minimum Gasteiger partial charge on any atom is -0.444 e. The number of nitrogens with zero attached hydrogens (tertiary/aromatic N) is 1. The van der Waals surface area contributed by atoms with Crippen molar-refractivity contribution in [2.75, 3.05) is 13.1 Å². The minimum atomic E-state index is -0.536. The first kappa shape index (κ1) is 22.8. The fraction of sp³-hybridized carbons (Fsp3) is 0.360. The van der Waals surface area contributed by atoms with Crippen LogP contribution in [-0.2, 0) is 21.7 Å². The van der Waals surface area contributed by atoms with Crippen molar-refractivity contribution in [1.29, 1.82) is 0 Å². The molecule has 0 aromatic heterocycles. The SMILES string of the molecule is C/C(=C\C(=O)c1ccc2c(c1)COC21CN(C(=O)OC(C)(C)C)C1)c1cc(Cl)cc(Cl)c1. The Morgan fingerprint density at radius 1 is 1.06 bits per heavy atom. The van der Waals surface area contributed by atoms with Crippen molar-refractivity contribution in [2.24, 2.45) is 0 Å². The number of hydrogen-bond acceptors (Lipinski definition) is 4. The summed E-state index contributed by atoms with van der Waals surface area (Å²) < 4.78 is 11.5. The lowest BCUT2D eigenvalue weighted by atomic mass is 9.84. The van der Waals surface area contributed by atoms with Gasteiger partial charge in [0.1, 0.15) is 11.2 Å². The van der Waals surface area contributed by atoms with Crippen molar-refractivity contribution >= 4 is 40.7 Å². The predicted octanol–water partition coefficient (Wildman–Crippen LogP) is 6.26. The molecular formula is C25H25Cl2NO4. The molecule has 4 rings (SSSR count). The lowest BCUT2D eigenvalue weighted by Crippen LogP contribution is -2.61. The van der Waals surface area contributed by atoms with Crippen molar-refractivity contribution in [2.45, 2.75) is 45.5 Å². The van der Waals surface area contributed by atoms with E-state index in [1.807, 2.05) is 45.9 Å². The molecule has 0 bridgehead atoms. The van der Waals surface area contributed by atoms with Crippen molar-refractivity contribution < 1.29 is 19.1 Å². The summed E-state index contributed by atoms with van der Waals surface area (Å²) >= 11 is 12.2. The van der Waals surface area contributed by atoms with Gasteiger partial charge in [-0.25, -0.2) is 4.79 Å². The summed E-state index contributed by atoms with van der Waals surface area (Å²) in [6.07, 6.45) is 1.25. The molecule has 2 aromatic rings. The molecule has 2 aromatic carbocycles. The van der Waals surface area contributed by atoms with Crippen LogP contribution in [0.2, 0.25) is 10.0 Å². The number of halogens is 2. The third kappa shape index (κ3) is 4.56. The number of hydrogen-bond donors (Lipinski definition) is 0. The number of allylic oxidation sites excluding steroid dienone is 2. The minimum absolute atomic E-state index is 0.105. The number of amides is 1. The molecular weight excluding hydrogens is 449 g/mol. The van der Waals surface area contributed by atoms with Crippen molar-refractivity contribution in [3.05, 3.63) is 74.8 Å². The van der Waals surface area contributed by atoms with E-state index in [4.69, 9.17) is 32.7 Å². The summed E-state index contributed by atoms with van der Waals surface area (Å²) in [4.78, 5) is 26.8. The van der Waals surface area contributed by atoms with Gasteiger partial charge in [-0.2, -0.15) is 0 Å². The average molecular weight is 474 g/mol. The molecule has 0 radical (unpaired) electrons. The third-order valence-corrected chi connectivity index (χ3v) is 6.03. The standard InChI is InChI=1S/C25H25Cl2NO4/c1-15(17-9-19(26)11-20(27)10-17)7-22(29)16-5-6-21-18(8-16)12-31-25(21)13-28(14-25)23(30)32-24(2,3)4/h5-11H,12-14H2,1-4H3/b15-7+. The number of fused-ring (bicyclic) bond motifs is 2. The molecule has 2 heterocycles. The highest BCUT2D eigenvalue weighted by Gasteiger charge is 2.52. The smallest absolute Gasteiger partial charge is 0.410 e. The van der Waals surface area contributed by atoms with Crippen LogP contribution in [0.4, 0.5) is 4.79 Å². The van der Waals surface area contributed by atoms with Gasteiger partial charge in [0.2, 0.25) is 0 Å². The van der Waals surface area contributed by atoms with Gasteiger partial charge in [0.05, 0.1) is 19.7 Å². The molecule has 2 aliphatic rings. The number of benzene rings is 2. The lowest BCUT2D eigenvalue weighted by molar-refractivity contribution is -0.137. The maximum Gasteiger partial charge on any atom is 0.410 e. The summed E-state index contributed by atoms with van der Waals surface area (Å²) in [6.45, 7) is 8.68. The van der Waals surface area contributed by atoms with Crippen LogP contribution in [0.15, 0.2) is 42.5 Å². The zero-order valence-electron chi connectivity index (χ0n) is 18.5. The maximum atomic E-state index is 12.9. The first-order valence-electron chi connectivity index (χ1n) is 10.4. The zero-order valence-corrected chi connectivity index (χ0v) is 20.0. The fourth-order valence-electron chi connectivity index (χ4n) is 4.04. The van der Waals surface area contributed by atoms with Crippen LogP contribution in [0.3, 0.4) is 0 Å². The molecule has 0 N–H and O–H groups in total. The van der Waals surface area contributed by atoms with Crippen LogP contribution in [0.1, 0.15) is 54.7 Å². The van der Waals surface area contributed by atoms with E-state index in [0.717, 1.165) is 22.3 Å². The van der Waals surface area contributed by atoms with E-state index in [2.05, 4.69) is 0 Å². The van der Waals surface area contributed by atoms with E-state index < -0.39 is 11.2 Å². The van der Waals surface area contributed by atoms with Crippen LogP contribution >= 0.6 is 23.2 Å². The molecule has 7 heteroatoms. The summed E-state index contributed by atoms with van der Waals surface area (Å²) in [5, 5.41) is 1.04. The Morgan fingerprint density at radius 2 is 1.72 bits per heavy atom. The Labute approximate surface area is 197 Å². The van der Waals surface area contributed by atoms with Crippen molar-refractivity contribution in [3.63, 3.8) is 0 Å². The van der Waals surface area contributed by atoms with Gasteiger partial charge in [0.15, 0.2) is 5.78 Å². The molecule has 0 unspecified atom stereocenters. The summed E-state index contributed by atoms with van der Waals surface area (Å²) in [6, 6.07) is 10.8. The van der Waals surface area contributed by atoms with E-state index in [9.17, 15) is 9.59 Å². The summed E-state index contributed by atoms with van der Waals surface area (Å²) in [5.74, 6) is -0.105. The van der Waals surface area contributed by atoms with Gasteiger partial charge >= 0.3 is 6.09 Å². The van der Waals surface area contributed by atoms with E-state index in [1.54, 1.807) is 29.2 Å². The average Bonchev–Trinajstić information content (AvgIpc) is 3.03. The third-order valence-electron chi connectivity index (χ3n) is 5.59. The number of carbonyl (C=O) groups excluding carboxylic acids is 2. The van der Waals surface area contributed by atoms with Crippen molar-refractivity contribution in [1.82, 2.24) is 4.90 Å². The topological polar surface area (TPSA) is 55.8 Å². The monoisotopic (exact) mass is 473 g/mol. The van der Waals surface area contributed by atoms with Gasteiger partial charge in [0, 0.05) is 15.6 Å². The molecule has 2 aliphatic heterocycles. The van der Waals surface area contributed by atoms with Crippen LogP contribution in [0.25, 0.3) is 5.57 Å². The van der Waals surface area contributed by atoms with Gasteiger partial charge in [-0.1, -0.05) is 35.3 Å². The van der Waals surface area contributed by atoms with Gasteiger partial charge in [0.25, 0.3) is 0 Å². The molecule has 168 valence electrons. The number of carbonyl (C=O) groups is 2. The largest absolute Gasteiger partial charge is 0.444 e. The molecule has 1 spiro atoms. The lowest BCUT2D eigenvalue weighted by Gasteiger charge is -2.47. The van der Waals surface area contributed by atoms with Gasteiger partial charge in [-0.3, -0.25) is 4.79 Å². The van der Waals surface area contributed by atoms with Crippen molar-refractivity contribution in [3.8, 4) is 0 Å². The molecule has 5 nitrogen and oxygen atoms in total. The van der Waals surface area contributed by atoms with Crippen LogP contribution < -0.4 is 0 Å². The van der Waals surface area contributed by atoms with Gasteiger partial charge in [-0.05, 0) is 80.3 Å². The second-order valence-corrected chi connectivity index (χ2v) is 10.2. The number of ketones is 1. The molecule has 1 fully saturated rings. The Hall–Kier alpha value is -2.34. The molecule has 1 amide bonds. The Kier molecular flexibility index (Phi) is 5.86. The quantitative estimate of drug-likeness (QED) is 0.390. The number of rotatable bonds is 3. The second kappa shape index (κ2) is 8.22. The van der Waals surface area contributed by atoms with Crippen LogP contribution in [0, 0.1) is 0 Å². The van der Waals surface area contributed by atoms with E-state index in [0.29, 0.717) is 35.3 Å². The Morgan fingerprint density at radius 3 is 2.34 bits per heavy atom. The summed E-state index contributed by atoms with van der Waals surface area (Å²) in [5.41, 5.74) is 3.10. The van der Waals surface area contributed by atoms with E-state index in [-0.39, 0.29) is 11.9 Å².